The standard InChI is InChI=1S/C14H27N3/c1-11-8-13(12(2)17(11)7)9-15-10-14(3,4)16(5)6/h8,15H,9-10H2,1-7H3. The van der Waals surface area contributed by atoms with Gasteiger partial charge in [-0.3, -0.25) is 0 Å². The van der Waals surface area contributed by atoms with Crippen LogP contribution in [0.2, 0.25) is 0 Å². The van der Waals surface area contributed by atoms with Crippen molar-refractivity contribution in [2.24, 2.45) is 7.05 Å². The molecule has 0 aromatic carbocycles. The highest BCUT2D eigenvalue weighted by molar-refractivity contribution is 5.26. The molecule has 0 atom stereocenters. The van der Waals surface area contributed by atoms with Crippen LogP contribution in [0, 0.1) is 13.8 Å². The molecule has 0 aliphatic rings. The number of aromatic nitrogens is 1. The van der Waals surface area contributed by atoms with Crippen LogP contribution in [0.1, 0.15) is 30.8 Å². The Bertz CT molecular complexity index is 375. The first-order valence-electron chi connectivity index (χ1n) is 6.25. The lowest BCUT2D eigenvalue weighted by atomic mass is 10.0. The Hall–Kier alpha value is -0.800. The molecule has 1 aromatic heterocycles. The van der Waals surface area contributed by atoms with Crippen LogP contribution in [0.15, 0.2) is 6.07 Å². The Balaban J connectivity index is 2.55. The van der Waals surface area contributed by atoms with Gasteiger partial charge in [0, 0.05) is 37.1 Å². The highest BCUT2D eigenvalue weighted by Crippen LogP contribution is 2.13. The van der Waals surface area contributed by atoms with Gasteiger partial charge in [0.25, 0.3) is 0 Å². The molecule has 0 fully saturated rings. The van der Waals surface area contributed by atoms with Crippen molar-refractivity contribution >= 4 is 0 Å². The highest BCUT2D eigenvalue weighted by atomic mass is 15.2. The van der Waals surface area contributed by atoms with E-state index in [0.29, 0.717) is 0 Å². The van der Waals surface area contributed by atoms with Gasteiger partial charge in [0.2, 0.25) is 0 Å². The van der Waals surface area contributed by atoms with Gasteiger partial charge in [-0.2, -0.15) is 0 Å². The molecule has 0 spiro atoms. The second-order valence-electron chi connectivity index (χ2n) is 5.77. The van der Waals surface area contributed by atoms with Crippen molar-refractivity contribution in [2.45, 2.75) is 39.8 Å². The minimum atomic E-state index is 0.192. The molecular formula is C14H27N3. The van der Waals surface area contributed by atoms with Crippen molar-refractivity contribution < 1.29 is 0 Å². The lowest BCUT2D eigenvalue weighted by molar-refractivity contribution is 0.189. The number of nitrogens with one attached hydrogen (secondary N) is 1. The summed E-state index contributed by atoms with van der Waals surface area (Å²) in [6.45, 7) is 10.8. The van der Waals surface area contributed by atoms with E-state index >= 15 is 0 Å². The maximum Gasteiger partial charge on any atom is 0.0271 e. The van der Waals surface area contributed by atoms with Gasteiger partial charge in [0.05, 0.1) is 0 Å². The van der Waals surface area contributed by atoms with Crippen LogP contribution in [-0.4, -0.2) is 35.6 Å². The van der Waals surface area contributed by atoms with Gasteiger partial charge < -0.3 is 14.8 Å². The molecule has 0 radical (unpaired) electrons. The summed E-state index contributed by atoms with van der Waals surface area (Å²) in [5.41, 5.74) is 4.28. The summed E-state index contributed by atoms with van der Waals surface area (Å²) < 4.78 is 2.24. The highest BCUT2D eigenvalue weighted by Gasteiger charge is 2.19. The zero-order valence-electron chi connectivity index (χ0n) is 12.4. The molecule has 0 aliphatic heterocycles. The molecule has 3 heteroatoms. The second kappa shape index (κ2) is 5.23. The first-order chi connectivity index (χ1) is 7.75. The molecule has 0 bridgehead atoms. The van der Waals surface area contributed by atoms with E-state index < -0.39 is 0 Å². The zero-order chi connectivity index (χ0) is 13.2. The second-order valence-corrected chi connectivity index (χ2v) is 5.77. The number of hydrogen-bond donors (Lipinski definition) is 1. The lowest BCUT2D eigenvalue weighted by Crippen LogP contribution is -2.46. The first-order valence-corrected chi connectivity index (χ1v) is 6.25. The quantitative estimate of drug-likeness (QED) is 0.846. The molecule has 1 aromatic rings. The molecule has 17 heavy (non-hydrogen) atoms. The van der Waals surface area contributed by atoms with Crippen LogP contribution in [0.4, 0.5) is 0 Å². The minimum Gasteiger partial charge on any atom is -0.352 e. The van der Waals surface area contributed by atoms with Crippen LogP contribution in [-0.2, 0) is 13.6 Å². The molecule has 0 saturated carbocycles. The fraction of sp³-hybridized carbons (Fsp3) is 0.714. The van der Waals surface area contributed by atoms with Crippen LogP contribution in [0.25, 0.3) is 0 Å². The van der Waals surface area contributed by atoms with Gasteiger partial charge in [-0.15, -0.1) is 0 Å². The van der Waals surface area contributed by atoms with Gasteiger partial charge >= 0.3 is 0 Å². The van der Waals surface area contributed by atoms with Crippen LogP contribution < -0.4 is 5.32 Å². The fourth-order valence-corrected chi connectivity index (χ4v) is 1.77. The number of aryl methyl sites for hydroxylation is 1. The third-order valence-corrected chi connectivity index (χ3v) is 3.96. The van der Waals surface area contributed by atoms with E-state index in [1.807, 2.05) is 0 Å². The monoisotopic (exact) mass is 237 g/mol. The van der Waals surface area contributed by atoms with Gasteiger partial charge in [-0.05, 0) is 53.4 Å². The number of nitrogens with zero attached hydrogens (tertiary/aromatic N) is 2. The third-order valence-electron chi connectivity index (χ3n) is 3.96. The molecule has 1 heterocycles. The topological polar surface area (TPSA) is 20.2 Å². The smallest absolute Gasteiger partial charge is 0.0271 e. The molecule has 0 saturated heterocycles. The van der Waals surface area contributed by atoms with Crippen LogP contribution in [0.3, 0.4) is 0 Å². The molecule has 1 N–H and O–H groups in total. The summed E-state index contributed by atoms with van der Waals surface area (Å²) in [5.74, 6) is 0. The average molecular weight is 237 g/mol. The number of rotatable bonds is 5. The van der Waals surface area contributed by atoms with Crippen LogP contribution >= 0.6 is 0 Å². The predicted molar refractivity (Wildman–Crippen MR) is 74.4 cm³/mol. The fourth-order valence-electron chi connectivity index (χ4n) is 1.77. The maximum atomic E-state index is 3.55. The van der Waals surface area contributed by atoms with Crippen molar-refractivity contribution in [3.8, 4) is 0 Å². The Kier molecular flexibility index (Phi) is 4.39. The summed E-state index contributed by atoms with van der Waals surface area (Å²) in [4.78, 5) is 2.25. The van der Waals surface area contributed by atoms with Crippen molar-refractivity contribution in [1.82, 2.24) is 14.8 Å². The van der Waals surface area contributed by atoms with E-state index in [1.165, 1.54) is 17.0 Å². The van der Waals surface area contributed by atoms with Crippen molar-refractivity contribution in [2.75, 3.05) is 20.6 Å². The van der Waals surface area contributed by atoms with E-state index in [-0.39, 0.29) is 5.54 Å². The van der Waals surface area contributed by atoms with Gasteiger partial charge in [0.15, 0.2) is 0 Å². The van der Waals surface area contributed by atoms with Crippen LogP contribution in [0.5, 0.6) is 0 Å². The summed E-state index contributed by atoms with van der Waals surface area (Å²) in [7, 11) is 6.37. The van der Waals surface area contributed by atoms with Crippen molar-refractivity contribution in [3.63, 3.8) is 0 Å². The number of likely N-dealkylation sites (N-methyl/N-ethyl adjacent to an activating group) is 1. The van der Waals surface area contributed by atoms with Crippen molar-refractivity contribution in [1.29, 1.82) is 0 Å². The predicted octanol–water partition coefficient (Wildman–Crippen LogP) is 2.07. The Morgan fingerprint density at radius 3 is 2.29 bits per heavy atom. The lowest BCUT2D eigenvalue weighted by Gasteiger charge is -2.32. The van der Waals surface area contributed by atoms with Crippen molar-refractivity contribution in [3.05, 3.63) is 23.0 Å². The molecule has 1 rings (SSSR count). The third kappa shape index (κ3) is 3.33. The molecule has 0 amide bonds. The van der Waals surface area contributed by atoms with E-state index in [0.717, 1.165) is 13.1 Å². The van der Waals surface area contributed by atoms with Gasteiger partial charge in [-0.25, -0.2) is 0 Å². The Morgan fingerprint density at radius 2 is 1.88 bits per heavy atom. The first kappa shape index (κ1) is 14.3. The molecule has 98 valence electrons. The van der Waals surface area contributed by atoms with E-state index in [9.17, 15) is 0 Å². The Labute approximate surface area is 106 Å². The molecule has 3 nitrogen and oxygen atoms in total. The average Bonchev–Trinajstić information content (AvgIpc) is 2.46. The minimum absolute atomic E-state index is 0.192. The summed E-state index contributed by atoms with van der Waals surface area (Å²) >= 11 is 0. The van der Waals surface area contributed by atoms with E-state index in [2.05, 4.69) is 69.7 Å². The summed E-state index contributed by atoms with van der Waals surface area (Å²) in [6, 6.07) is 2.27. The van der Waals surface area contributed by atoms with E-state index in [4.69, 9.17) is 0 Å². The van der Waals surface area contributed by atoms with Gasteiger partial charge in [-0.1, -0.05) is 0 Å². The largest absolute Gasteiger partial charge is 0.352 e. The normalized spacial score (nSPS) is 12.5. The van der Waals surface area contributed by atoms with E-state index in [1.54, 1.807) is 0 Å². The maximum absolute atomic E-state index is 3.55. The summed E-state index contributed by atoms with van der Waals surface area (Å²) in [6.07, 6.45) is 0. The number of hydrogen-bond acceptors (Lipinski definition) is 2. The molecule has 0 unspecified atom stereocenters. The summed E-state index contributed by atoms with van der Waals surface area (Å²) in [5, 5.41) is 3.55. The zero-order valence-corrected chi connectivity index (χ0v) is 12.4. The van der Waals surface area contributed by atoms with Gasteiger partial charge in [0.1, 0.15) is 0 Å². The molecule has 0 aliphatic carbocycles. The Morgan fingerprint density at radius 1 is 1.29 bits per heavy atom. The molecular weight excluding hydrogens is 210 g/mol. The SMILES string of the molecule is Cc1cc(CNCC(C)(C)N(C)C)c(C)n1C.